The number of benzene rings is 2. The first kappa shape index (κ1) is 22.8. The van der Waals surface area contributed by atoms with E-state index in [0.29, 0.717) is 49.2 Å². The second-order valence-electron chi connectivity index (χ2n) is 9.02. The van der Waals surface area contributed by atoms with Crippen LogP contribution in [-0.2, 0) is 27.3 Å². The van der Waals surface area contributed by atoms with Crippen LogP contribution >= 0.6 is 0 Å². The second kappa shape index (κ2) is 10.1. The van der Waals surface area contributed by atoms with Crippen LogP contribution in [0.3, 0.4) is 0 Å². The Bertz CT molecular complexity index is 1100. The topological polar surface area (TPSA) is 92.6 Å². The Morgan fingerprint density at radius 2 is 2.18 bits per heavy atom. The maximum atomic E-state index is 15.2. The summed E-state index contributed by atoms with van der Waals surface area (Å²) in [5, 5.41) is 15.4. The van der Waals surface area contributed by atoms with Crippen LogP contribution in [0.4, 0.5) is 4.39 Å². The third kappa shape index (κ3) is 4.78. The first-order valence-electron chi connectivity index (χ1n) is 11.8. The van der Waals surface area contributed by atoms with Crippen molar-refractivity contribution in [3.8, 4) is 22.9 Å². The van der Waals surface area contributed by atoms with E-state index in [1.165, 1.54) is 11.6 Å². The molecule has 3 atom stereocenters. The average molecular weight is 466 g/mol. The molecule has 2 saturated heterocycles. The highest BCUT2D eigenvalue weighted by molar-refractivity contribution is 5.82. The molecule has 8 heteroatoms. The molecule has 2 fully saturated rings. The molecule has 1 amide bonds. The van der Waals surface area contributed by atoms with E-state index in [1.54, 1.807) is 6.07 Å². The van der Waals surface area contributed by atoms with Gasteiger partial charge in [0.1, 0.15) is 30.3 Å². The molecule has 178 valence electrons. The van der Waals surface area contributed by atoms with Gasteiger partial charge >= 0.3 is 0 Å². The number of fused-ring (bicyclic) bond motifs is 3. The van der Waals surface area contributed by atoms with E-state index < -0.39 is 18.0 Å². The summed E-state index contributed by atoms with van der Waals surface area (Å²) < 4.78 is 32.2. The Hall–Kier alpha value is -2.99. The van der Waals surface area contributed by atoms with Gasteiger partial charge in [0.25, 0.3) is 5.91 Å². The normalized spacial score (nSPS) is 22.5. The molecule has 0 aromatic heterocycles. The molecule has 5 rings (SSSR count). The van der Waals surface area contributed by atoms with Crippen molar-refractivity contribution in [2.75, 3.05) is 32.9 Å². The van der Waals surface area contributed by atoms with Crippen molar-refractivity contribution in [2.45, 2.75) is 43.9 Å². The van der Waals surface area contributed by atoms with Gasteiger partial charge in [0.2, 0.25) is 0 Å². The average Bonchev–Trinajstić information content (AvgIpc) is 3.25. The van der Waals surface area contributed by atoms with Gasteiger partial charge in [0, 0.05) is 37.7 Å². The molecule has 0 bridgehead atoms. The minimum absolute atomic E-state index is 0.0389. The predicted octanol–water partition coefficient (Wildman–Crippen LogP) is 2.82. The lowest BCUT2D eigenvalue weighted by Gasteiger charge is -2.24. The molecular formula is C26H28FN3O4. The summed E-state index contributed by atoms with van der Waals surface area (Å²) in [6, 6.07) is 10.6. The summed E-state index contributed by atoms with van der Waals surface area (Å²) in [4.78, 5) is 12.6. The van der Waals surface area contributed by atoms with Crippen LogP contribution in [0.5, 0.6) is 5.75 Å². The van der Waals surface area contributed by atoms with E-state index in [-0.39, 0.29) is 12.3 Å². The summed E-state index contributed by atoms with van der Waals surface area (Å²) in [6.45, 7) is 3.53. The molecule has 3 aliphatic heterocycles. The van der Waals surface area contributed by atoms with Crippen LogP contribution in [-0.4, -0.2) is 51.0 Å². The number of nitrogens with zero attached hydrogens (tertiary/aromatic N) is 1. The van der Waals surface area contributed by atoms with Crippen LogP contribution < -0.4 is 15.4 Å². The Morgan fingerprint density at radius 3 is 3.00 bits per heavy atom. The molecule has 2 N–H and O–H groups in total. The molecule has 34 heavy (non-hydrogen) atoms. The fraction of sp³-hybridized carbons (Fsp3) is 0.462. The standard InChI is InChI=1S/C26H28FN3O4/c27-23-11-22-21-9-16(17-4-7-32-14-17)2-3-18(21)15-34-24(22)10-19(23)8-20(12-28)30-26(31)25-13-29-5-1-6-33-25/h2-3,9-11,17,20,25,29H,1,4-8,13-15H2,(H,30,31)/t17?,20-,25+/m1/s1. The number of carbonyl (C=O) groups is 1. The minimum atomic E-state index is -0.878. The number of carbonyl (C=O) groups excluding carboxylic acids is 1. The maximum Gasteiger partial charge on any atom is 0.251 e. The lowest BCUT2D eigenvalue weighted by Crippen LogP contribution is -2.46. The third-order valence-corrected chi connectivity index (χ3v) is 6.69. The molecule has 2 aromatic rings. The fourth-order valence-electron chi connectivity index (χ4n) is 4.76. The van der Waals surface area contributed by atoms with Crippen molar-refractivity contribution in [2.24, 2.45) is 0 Å². The number of hydrogen-bond donors (Lipinski definition) is 2. The summed E-state index contributed by atoms with van der Waals surface area (Å²) in [5.41, 5.74) is 4.21. The zero-order valence-electron chi connectivity index (χ0n) is 18.9. The maximum absolute atomic E-state index is 15.2. The second-order valence-corrected chi connectivity index (χ2v) is 9.02. The van der Waals surface area contributed by atoms with Crippen molar-refractivity contribution in [1.29, 1.82) is 5.26 Å². The smallest absolute Gasteiger partial charge is 0.251 e. The molecule has 3 aliphatic rings. The first-order valence-corrected chi connectivity index (χ1v) is 11.8. The monoisotopic (exact) mass is 465 g/mol. The van der Waals surface area contributed by atoms with E-state index >= 15 is 4.39 Å². The summed E-state index contributed by atoms with van der Waals surface area (Å²) in [7, 11) is 0. The van der Waals surface area contributed by atoms with Gasteiger partial charge in [-0.25, -0.2) is 4.39 Å². The molecule has 0 radical (unpaired) electrons. The summed E-state index contributed by atoms with van der Waals surface area (Å²) in [5.74, 6) is 0.149. The van der Waals surface area contributed by atoms with Crippen molar-refractivity contribution < 1.29 is 23.4 Å². The molecule has 2 aromatic carbocycles. The SMILES string of the molecule is N#C[C@@H](Cc1cc2c(cc1F)-c1cc(C3CCOC3)ccc1CO2)NC(=O)[C@@H]1CNCCCO1. The van der Waals surface area contributed by atoms with Gasteiger partial charge in [-0.1, -0.05) is 18.2 Å². The van der Waals surface area contributed by atoms with E-state index in [2.05, 4.69) is 28.8 Å². The van der Waals surface area contributed by atoms with Gasteiger partial charge in [-0.05, 0) is 53.8 Å². The third-order valence-electron chi connectivity index (χ3n) is 6.69. The van der Waals surface area contributed by atoms with E-state index in [9.17, 15) is 10.1 Å². The minimum Gasteiger partial charge on any atom is -0.488 e. The number of nitriles is 1. The van der Waals surface area contributed by atoms with Gasteiger partial charge in [-0.2, -0.15) is 5.26 Å². The van der Waals surface area contributed by atoms with Gasteiger partial charge in [0.15, 0.2) is 0 Å². The van der Waals surface area contributed by atoms with Crippen molar-refractivity contribution in [3.63, 3.8) is 0 Å². The van der Waals surface area contributed by atoms with Crippen molar-refractivity contribution in [1.82, 2.24) is 10.6 Å². The number of hydrogen-bond acceptors (Lipinski definition) is 6. The predicted molar refractivity (Wildman–Crippen MR) is 123 cm³/mol. The van der Waals surface area contributed by atoms with Gasteiger partial charge in [-0.3, -0.25) is 4.79 Å². The zero-order chi connectivity index (χ0) is 23.5. The number of ether oxygens (including phenoxy) is 3. The van der Waals surface area contributed by atoms with Crippen LogP contribution in [0.15, 0.2) is 30.3 Å². The largest absolute Gasteiger partial charge is 0.488 e. The molecule has 0 spiro atoms. The van der Waals surface area contributed by atoms with Gasteiger partial charge < -0.3 is 24.8 Å². The van der Waals surface area contributed by atoms with Crippen molar-refractivity contribution >= 4 is 5.91 Å². The van der Waals surface area contributed by atoms with Gasteiger partial charge in [0.05, 0.1) is 12.7 Å². The highest BCUT2D eigenvalue weighted by Crippen LogP contribution is 2.41. The highest BCUT2D eigenvalue weighted by atomic mass is 19.1. The molecule has 3 heterocycles. The molecule has 1 unspecified atom stereocenters. The Morgan fingerprint density at radius 1 is 1.26 bits per heavy atom. The van der Waals surface area contributed by atoms with Crippen LogP contribution in [0, 0.1) is 17.1 Å². The lowest BCUT2D eigenvalue weighted by atomic mass is 9.89. The molecule has 0 saturated carbocycles. The zero-order valence-corrected chi connectivity index (χ0v) is 18.9. The number of rotatable bonds is 5. The van der Waals surface area contributed by atoms with E-state index in [4.69, 9.17) is 14.2 Å². The summed E-state index contributed by atoms with van der Waals surface area (Å²) >= 11 is 0. The lowest BCUT2D eigenvalue weighted by molar-refractivity contribution is -0.132. The Labute approximate surface area is 198 Å². The molecular weight excluding hydrogens is 437 g/mol. The molecule has 0 aliphatic carbocycles. The van der Waals surface area contributed by atoms with Gasteiger partial charge in [-0.15, -0.1) is 0 Å². The molecule has 7 nitrogen and oxygen atoms in total. The highest BCUT2D eigenvalue weighted by Gasteiger charge is 2.26. The van der Waals surface area contributed by atoms with Crippen molar-refractivity contribution in [3.05, 3.63) is 52.8 Å². The quantitative estimate of drug-likeness (QED) is 0.706. The number of halogens is 1. The van der Waals surface area contributed by atoms with Crippen LogP contribution in [0.25, 0.3) is 11.1 Å². The first-order chi connectivity index (χ1) is 16.6. The van der Waals surface area contributed by atoms with E-state index in [1.807, 2.05) is 6.07 Å². The Balaban J connectivity index is 1.34. The van der Waals surface area contributed by atoms with Crippen LogP contribution in [0.1, 0.15) is 35.4 Å². The van der Waals surface area contributed by atoms with Crippen LogP contribution in [0.2, 0.25) is 0 Å². The van der Waals surface area contributed by atoms with E-state index in [0.717, 1.165) is 37.1 Å². The number of nitrogens with one attached hydrogen (secondary N) is 2. The summed E-state index contributed by atoms with van der Waals surface area (Å²) in [6.07, 6.45) is 1.19. The Kier molecular flexibility index (Phi) is 6.77. The fourth-order valence-corrected chi connectivity index (χ4v) is 4.76. The number of amides is 1.